The average molecular weight is 439 g/mol. The van der Waals surface area contributed by atoms with E-state index in [-0.39, 0.29) is 30.3 Å². The average Bonchev–Trinajstić information content (AvgIpc) is 3.03. The van der Waals surface area contributed by atoms with E-state index in [1.54, 1.807) is 49.6 Å². The third-order valence-electron chi connectivity index (χ3n) is 4.42. The normalized spacial score (nSPS) is 16.9. The molecular weight excluding hydrogens is 418 g/mol. The summed E-state index contributed by atoms with van der Waals surface area (Å²) in [5.41, 5.74) is 1.27. The zero-order chi connectivity index (χ0) is 22.4. The molecule has 31 heavy (non-hydrogen) atoms. The summed E-state index contributed by atoms with van der Waals surface area (Å²) in [5.74, 6) is -0.866. The van der Waals surface area contributed by atoms with Crippen LogP contribution in [-0.4, -0.2) is 51.9 Å². The predicted molar refractivity (Wildman–Crippen MR) is 120 cm³/mol. The van der Waals surface area contributed by atoms with Crippen molar-refractivity contribution in [3.8, 4) is 5.75 Å². The number of carbonyl (C=O) groups is 3. The number of amidine groups is 1. The van der Waals surface area contributed by atoms with Crippen LogP contribution in [0.5, 0.6) is 5.75 Å². The van der Waals surface area contributed by atoms with Gasteiger partial charge in [-0.1, -0.05) is 17.8 Å². The Labute approximate surface area is 183 Å². The highest BCUT2D eigenvalue weighted by atomic mass is 32.2. The van der Waals surface area contributed by atoms with Crippen LogP contribution in [0.25, 0.3) is 0 Å². The Morgan fingerprint density at radius 1 is 1.23 bits per heavy atom. The van der Waals surface area contributed by atoms with Crippen molar-refractivity contribution in [2.45, 2.75) is 11.7 Å². The largest absolute Gasteiger partial charge is 0.497 e. The number of nitrogens with zero attached hydrogens (tertiary/aromatic N) is 2. The molecule has 1 aliphatic heterocycles. The molecule has 0 aliphatic carbocycles. The number of carboxylic acid groups (broad SMARTS) is 1. The van der Waals surface area contributed by atoms with Gasteiger partial charge in [-0.3, -0.25) is 14.5 Å². The van der Waals surface area contributed by atoms with E-state index < -0.39 is 11.2 Å². The van der Waals surface area contributed by atoms with E-state index >= 15 is 0 Å². The number of amides is 2. The minimum atomic E-state index is -1.03. The van der Waals surface area contributed by atoms with Crippen molar-refractivity contribution in [2.75, 3.05) is 19.0 Å². The van der Waals surface area contributed by atoms with Gasteiger partial charge in [0.25, 0.3) is 0 Å². The molecule has 1 atom stereocenters. The number of aromatic carboxylic acids is 1. The molecular formula is C22H21N3O5S. The summed E-state index contributed by atoms with van der Waals surface area (Å²) in [6.45, 7) is 3.93. The lowest BCUT2D eigenvalue weighted by Gasteiger charge is -2.13. The highest BCUT2D eigenvalue weighted by Crippen LogP contribution is 2.32. The first kappa shape index (κ1) is 22.1. The summed E-state index contributed by atoms with van der Waals surface area (Å²) in [4.78, 5) is 42.2. The fourth-order valence-corrected chi connectivity index (χ4v) is 4.03. The molecule has 160 valence electrons. The van der Waals surface area contributed by atoms with Crippen molar-refractivity contribution in [3.05, 3.63) is 66.7 Å². The lowest BCUT2D eigenvalue weighted by atomic mass is 10.2. The highest BCUT2D eigenvalue weighted by Gasteiger charge is 2.38. The van der Waals surface area contributed by atoms with Crippen molar-refractivity contribution in [1.82, 2.24) is 4.90 Å². The Hall–Kier alpha value is -3.59. The summed E-state index contributed by atoms with van der Waals surface area (Å²) in [6.07, 6.45) is 1.57. The number of thioether (sulfide) groups is 1. The number of benzene rings is 2. The topological polar surface area (TPSA) is 108 Å². The molecule has 0 spiro atoms. The number of methoxy groups -OCH3 is 1. The van der Waals surface area contributed by atoms with Gasteiger partial charge in [-0.25, -0.2) is 9.79 Å². The summed E-state index contributed by atoms with van der Waals surface area (Å²) in [7, 11) is 1.56. The van der Waals surface area contributed by atoms with E-state index in [9.17, 15) is 14.4 Å². The standard InChI is InChI=1S/C22H21N3O5S/c1-3-12-25-20(27)18(13-19(26)23-15-8-10-17(30-2)11-9-15)31-22(25)24-16-6-4-14(5-7-16)21(28)29/h3-11,18H,1,12-13H2,2H3,(H,23,26)(H,28,29)/t18-/m0/s1. The van der Waals surface area contributed by atoms with Gasteiger partial charge in [0.15, 0.2) is 5.17 Å². The van der Waals surface area contributed by atoms with Crippen molar-refractivity contribution in [3.63, 3.8) is 0 Å². The van der Waals surface area contributed by atoms with Gasteiger partial charge in [-0.15, -0.1) is 6.58 Å². The fraction of sp³-hybridized carbons (Fsp3) is 0.182. The molecule has 1 saturated heterocycles. The van der Waals surface area contributed by atoms with E-state index in [0.29, 0.717) is 22.3 Å². The van der Waals surface area contributed by atoms with E-state index in [1.165, 1.54) is 28.8 Å². The zero-order valence-electron chi connectivity index (χ0n) is 16.8. The van der Waals surface area contributed by atoms with Crippen LogP contribution in [0.2, 0.25) is 0 Å². The first-order chi connectivity index (χ1) is 14.9. The van der Waals surface area contributed by atoms with Crippen LogP contribution < -0.4 is 10.1 Å². The predicted octanol–water partition coefficient (Wildman–Crippen LogP) is 3.54. The second-order valence-corrected chi connectivity index (χ2v) is 7.74. The Kier molecular flexibility index (Phi) is 7.09. The number of anilines is 1. The van der Waals surface area contributed by atoms with Crippen LogP contribution in [0, 0.1) is 0 Å². The third-order valence-corrected chi connectivity index (χ3v) is 5.59. The molecule has 1 heterocycles. The van der Waals surface area contributed by atoms with Crippen LogP contribution in [0.1, 0.15) is 16.8 Å². The smallest absolute Gasteiger partial charge is 0.335 e. The van der Waals surface area contributed by atoms with Crippen molar-refractivity contribution in [1.29, 1.82) is 0 Å². The second kappa shape index (κ2) is 9.94. The molecule has 1 aliphatic rings. The highest BCUT2D eigenvalue weighted by molar-refractivity contribution is 8.15. The molecule has 2 aromatic carbocycles. The number of ether oxygens (including phenoxy) is 1. The minimum absolute atomic E-state index is 0.0137. The molecule has 0 radical (unpaired) electrons. The minimum Gasteiger partial charge on any atom is -0.497 e. The SMILES string of the molecule is C=CCN1C(=O)[C@H](CC(=O)Nc2ccc(OC)cc2)SC1=Nc1ccc(C(=O)O)cc1. The molecule has 0 saturated carbocycles. The van der Waals surface area contributed by atoms with Crippen LogP contribution in [-0.2, 0) is 9.59 Å². The van der Waals surface area contributed by atoms with Gasteiger partial charge in [-0.2, -0.15) is 0 Å². The molecule has 2 amide bonds. The number of carbonyl (C=O) groups excluding carboxylic acids is 2. The summed E-state index contributed by atoms with van der Waals surface area (Å²) in [5, 5.41) is 11.6. The van der Waals surface area contributed by atoms with Crippen LogP contribution in [0.3, 0.4) is 0 Å². The number of hydrogen-bond acceptors (Lipinski definition) is 6. The first-order valence-electron chi connectivity index (χ1n) is 9.36. The zero-order valence-corrected chi connectivity index (χ0v) is 17.6. The first-order valence-corrected chi connectivity index (χ1v) is 10.2. The maximum atomic E-state index is 12.8. The van der Waals surface area contributed by atoms with Crippen LogP contribution >= 0.6 is 11.8 Å². The number of hydrogen-bond donors (Lipinski definition) is 2. The van der Waals surface area contributed by atoms with Gasteiger partial charge in [0.1, 0.15) is 11.0 Å². The lowest BCUT2D eigenvalue weighted by molar-refractivity contribution is -0.127. The quantitative estimate of drug-likeness (QED) is 0.609. The van der Waals surface area contributed by atoms with Gasteiger partial charge in [-0.05, 0) is 48.5 Å². The summed E-state index contributed by atoms with van der Waals surface area (Å²) >= 11 is 1.20. The monoisotopic (exact) mass is 439 g/mol. The van der Waals surface area contributed by atoms with Crippen LogP contribution in [0.4, 0.5) is 11.4 Å². The Balaban J connectivity index is 1.71. The maximum absolute atomic E-state index is 12.8. The molecule has 1 fully saturated rings. The number of nitrogens with one attached hydrogen (secondary N) is 1. The molecule has 2 N–H and O–H groups in total. The second-order valence-electron chi connectivity index (χ2n) is 6.57. The molecule has 0 bridgehead atoms. The molecule has 9 heteroatoms. The Bertz CT molecular complexity index is 1020. The number of rotatable bonds is 8. The maximum Gasteiger partial charge on any atom is 0.335 e. The molecule has 0 unspecified atom stereocenters. The van der Waals surface area contributed by atoms with Gasteiger partial charge < -0.3 is 15.2 Å². The molecule has 2 aromatic rings. The van der Waals surface area contributed by atoms with Crippen molar-refractivity contribution < 1.29 is 24.2 Å². The van der Waals surface area contributed by atoms with E-state index in [4.69, 9.17) is 9.84 Å². The van der Waals surface area contributed by atoms with Gasteiger partial charge >= 0.3 is 5.97 Å². The summed E-state index contributed by atoms with van der Waals surface area (Å²) < 4.78 is 5.09. The van der Waals surface area contributed by atoms with Gasteiger partial charge in [0, 0.05) is 18.7 Å². The summed E-state index contributed by atoms with van der Waals surface area (Å²) in [6, 6.07) is 12.9. The molecule has 3 rings (SSSR count). The van der Waals surface area contributed by atoms with Gasteiger partial charge in [0.05, 0.1) is 18.4 Å². The number of carboxylic acids is 1. The Morgan fingerprint density at radius 2 is 1.90 bits per heavy atom. The number of aliphatic imine (C=N–C) groups is 1. The van der Waals surface area contributed by atoms with Crippen molar-refractivity contribution in [2.24, 2.45) is 4.99 Å². The molecule has 8 nitrogen and oxygen atoms in total. The van der Waals surface area contributed by atoms with Gasteiger partial charge in [0.2, 0.25) is 11.8 Å². The Morgan fingerprint density at radius 3 is 2.48 bits per heavy atom. The van der Waals surface area contributed by atoms with Crippen molar-refractivity contribution >= 4 is 46.1 Å². The fourth-order valence-electron chi connectivity index (χ4n) is 2.87. The van der Waals surface area contributed by atoms with E-state index in [1.807, 2.05) is 0 Å². The van der Waals surface area contributed by atoms with Crippen LogP contribution in [0.15, 0.2) is 66.2 Å². The van der Waals surface area contributed by atoms with E-state index in [2.05, 4.69) is 16.9 Å². The molecule has 0 aromatic heterocycles. The van der Waals surface area contributed by atoms with E-state index in [0.717, 1.165) is 0 Å². The lowest BCUT2D eigenvalue weighted by Crippen LogP contribution is -2.33. The third kappa shape index (κ3) is 5.52.